The Labute approximate surface area is 134 Å². The first-order valence-electron chi connectivity index (χ1n) is 6.58. The first-order chi connectivity index (χ1) is 10.6. The minimum Gasteiger partial charge on any atom is -0.495 e. The molecule has 6 heteroatoms. The van der Waals surface area contributed by atoms with Crippen molar-refractivity contribution in [2.75, 3.05) is 7.11 Å². The average Bonchev–Trinajstić information content (AvgIpc) is 2.53. The number of nitrogens with zero attached hydrogens (tertiary/aromatic N) is 1. The summed E-state index contributed by atoms with van der Waals surface area (Å²) in [5.41, 5.74) is 0.833. The summed E-state index contributed by atoms with van der Waals surface area (Å²) in [5.74, 6) is 0.0534. The van der Waals surface area contributed by atoms with Crippen LogP contribution in [0.4, 0.5) is 4.39 Å². The molecule has 0 spiro atoms. The van der Waals surface area contributed by atoms with E-state index in [4.69, 9.17) is 4.74 Å². The zero-order valence-corrected chi connectivity index (χ0v) is 13.3. The van der Waals surface area contributed by atoms with Gasteiger partial charge in [0, 0.05) is 17.9 Å². The topological polar surface area (TPSA) is 55.0 Å². The minimum atomic E-state index is -0.378. The normalized spacial score (nSPS) is 10.9. The zero-order chi connectivity index (χ0) is 15.7. The van der Waals surface area contributed by atoms with Crippen LogP contribution in [0.1, 0.15) is 11.3 Å². The third kappa shape index (κ3) is 2.62. The summed E-state index contributed by atoms with van der Waals surface area (Å²) in [6.07, 6.45) is 0.270. The highest BCUT2D eigenvalue weighted by Crippen LogP contribution is 2.29. The molecule has 2 aromatic carbocycles. The van der Waals surface area contributed by atoms with Crippen LogP contribution in [0.25, 0.3) is 10.8 Å². The third-order valence-corrected chi connectivity index (χ3v) is 4.07. The van der Waals surface area contributed by atoms with Gasteiger partial charge in [-0.1, -0.05) is 18.2 Å². The summed E-state index contributed by atoms with van der Waals surface area (Å²) in [6.45, 7) is 0. The largest absolute Gasteiger partial charge is 0.495 e. The van der Waals surface area contributed by atoms with Crippen LogP contribution < -0.4 is 10.3 Å². The Morgan fingerprint density at radius 3 is 2.73 bits per heavy atom. The van der Waals surface area contributed by atoms with Gasteiger partial charge in [0.25, 0.3) is 5.56 Å². The number of halogens is 2. The molecule has 1 aromatic heterocycles. The Bertz CT molecular complexity index is 908. The van der Waals surface area contributed by atoms with E-state index in [2.05, 4.69) is 26.1 Å². The highest BCUT2D eigenvalue weighted by molar-refractivity contribution is 9.10. The lowest BCUT2D eigenvalue weighted by molar-refractivity contribution is 0.408. The first kappa shape index (κ1) is 14.7. The molecule has 0 atom stereocenters. The van der Waals surface area contributed by atoms with E-state index in [1.54, 1.807) is 18.2 Å². The number of ether oxygens (including phenoxy) is 1. The molecule has 4 nitrogen and oxygen atoms in total. The van der Waals surface area contributed by atoms with Crippen molar-refractivity contribution >= 4 is 26.7 Å². The van der Waals surface area contributed by atoms with E-state index in [-0.39, 0.29) is 17.8 Å². The molecule has 0 amide bonds. The van der Waals surface area contributed by atoms with Crippen LogP contribution in [0.5, 0.6) is 5.75 Å². The number of rotatable bonds is 3. The first-order valence-corrected chi connectivity index (χ1v) is 7.37. The van der Waals surface area contributed by atoms with Gasteiger partial charge in [-0.3, -0.25) is 4.79 Å². The van der Waals surface area contributed by atoms with Crippen LogP contribution in [-0.2, 0) is 6.42 Å². The van der Waals surface area contributed by atoms with Crippen molar-refractivity contribution in [1.29, 1.82) is 0 Å². The SMILES string of the molecule is COc1cc(F)c(Cc2n[nH]c(=O)c3ccccc23)cc1Br. The molecular weight excluding hydrogens is 351 g/mol. The fourth-order valence-corrected chi connectivity index (χ4v) is 2.90. The summed E-state index contributed by atoms with van der Waals surface area (Å²) in [7, 11) is 1.48. The van der Waals surface area contributed by atoms with E-state index in [0.29, 0.717) is 26.9 Å². The molecule has 0 aliphatic carbocycles. The van der Waals surface area contributed by atoms with E-state index in [1.165, 1.54) is 13.2 Å². The van der Waals surface area contributed by atoms with E-state index in [9.17, 15) is 9.18 Å². The summed E-state index contributed by atoms with van der Waals surface area (Å²) >= 11 is 3.35. The highest BCUT2D eigenvalue weighted by atomic mass is 79.9. The van der Waals surface area contributed by atoms with Gasteiger partial charge in [0.05, 0.1) is 22.7 Å². The molecule has 0 unspecified atom stereocenters. The molecule has 0 bridgehead atoms. The molecule has 0 fully saturated rings. The number of H-pyrrole nitrogens is 1. The molecule has 1 N–H and O–H groups in total. The number of hydrogen-bond acceptors (Lipinski definition) is 3. The second-order valence-corrected chi connectivity index (χ2v) is 5.65. The predicted octanol–water partition coefficient (Wildman–Crippen LogP) is 3.42. The monoisotopic (exact) mass is 362 g/mol. The maximum atomic E-state index is 14.2. The highest BCUT2D eigenvalue weighted by Gasteiger charge is 2.13. The van der Waals surface area contributed by atoms with Gasteiger partial charge in [0.1, 0.15) is 11.6 Å². The molecule has 3 rings (SSSR count). The number of nitrogens with one attached hydrogen (secondary N) is 1. The quantitative estimate of drug-likeness (QED) is 0.776. The van der Waals surface area contributed by atoms with Crippen molar-refractivity contribution in [3.05, 3.63) is 68.3 Å². The average molecular weight is 363 g/mol. The van der Waals surface area contributed by atoms with E-state index in [1.807, 2.05) is 12.1 Å². The molecule has 3 aromatic rings. The number of aromatic nitrogens is 2. The van der Waals surface area contributed by atoms with Crippen molar-refractivity contribution in [3.8, 4) is 5.75 Å². The fourth-order valence-electron chi connectivity index (χ4n) is 2.35. The smallest absolute Gasteiger partial charge is 0.272 e. The second-order valence-electron chi connectivity index (χ2n) is 4.80. The van der Waals surface area contributed by atoms with Crippen molar-refractivity contribution in [3.63, 3.8) is 0 Å². The lowest BCUT2D eigenvalue weighted by Gasteiger charge is -2.09. The summed E-state index contributed by atoms with van der Waals surface area (Å²) in [5, 5.41) is 7.78. The number of hydrogen-bond donors (Lipinski definition) is 1. The Hall–Kier alpha value is -2.21. The van der Waals surface area contributed by atoms with E-state index >= 15 is 0 Å². The van der Waals surface area contributed by atoms with Crippen LogP contribution in [0.2, 0.25) is 0 Å². The molecule has 1 heterocycles. The Morgan fingerprint density at radius 1 is 1.27 bits per heavy atom. The van der Waals surface area contributed by atoms with Gasteiger partial charge < -0.3 is 4.74 Å². The van der Waals surface area contributed by atoms with E-state index < -0.39 is 0 Å². The van der Waals surface area contributed by atoms with Crippen molar-refractivity contribution in [2.24, 2.45) is 0 Å². The Balaban J connectivity index is 2.10. The van der Waals surface area contributed by atoms with Gasteiger partial charge in [0.15, 0.2) is 0 Å². The fraction of sp³-hybridized carbons (Fsp3) is 0.125. The molecule has 22 heavy (non-hydrogen) atoms. The predicted molar refractivity (Wildman–Crippen MR) is 85.8 cm³/mol. The van der Waals surface area contributed by atoms with Crippen LogP contribution in [0.3, 0.4) is 0 Å². The van der Waals surface area contributed by atoms with Gasteiger partial charge in [-0.15, -0.1) is 0 Å². The lowest BCUT2D eigenvalue weighted by Crippen LogP contribution is -2.11. The number of fused-ring (bicyclic) bond motifs is 1. The Kier molecular flexibility index (Phi) is 3.94. The van der Waals surface area contributed by atoms with Crippen molar-refractivity contribution in [1.82, 2.24) is 10.2 Å². The number of benzene rings is 2. The number of aromatic amines is 1. The van der Waals surface area contributed by atoms with Crippen molar-refractivity contribution < 1.29 is 9.13 Å². The zero-order valence-electron chi connectivity index (χ0n) is 11.7. The minimum absolute atomic E-state index is 0.254. The maximum absolute atomic E-state index is 14.2. The molecule has 0 saturated carbocycles. The summed E-state index contributed by atoms with van der Waals surface area (Å²) in [6, 6.07) is 10.1. The summed E-state index contributed by atoms with van der Waals surface area (Å²) < 4.78 is 19.9. The standard InChI is InChI=1S/C16H12BrFN2O2/c1-22-15-8-13(18)9(6-12(15)17)7-14-10-4-2-3-5-11(10)16(21)20-19-14/h2-6,8H,7H2,1H3,(H,20,21). The van der Waals surface area contributed by atoms with E-state index in [0.717, 1.165) is 5.39 Å². The van der Waals surface area contributed by atoms with Crippen molar-refractivity contribution in [2.45, 2.75) is 6.42 Å². The molecule has 0 aliphatic rings. The van der Waals surface area contributed by atoms with Crippen LogP contribution in [0, 0.1) is 5.82 Å². The second kappa shape index (κ2) is 5.88. The Morgan fingerprint density at radius 2 is 2.00 bits per heavy atom. The molecule has 0 radical (unpaired) electrons. The molecule has 112 valence electrons. The third-order valence-electron chi connectivity index (χ3n) is 3.45. The van der Waals surface area contributed by atoms with Gasteiger partial charge in [-0.25, -0.2) is 9.49 Å². The van der Waals surface area contributed by atoms with Gasteiger partial charge in [-0.05, 0) is 33.6 Å². The molecular formula is C16H12BrFN2O2. The maximum Gasteiger partial charge on any atom is 0.272 e. The van der Waals surface area contributed by atoms with Crippen LogP contribution in [0.15, 0.2) is 45.7 Å². The van der Waals surface area contributed by atoms with Gasteiger partial charge in [-0.2, -0.15) is 5.10 Å². The van der Waals surface area contributed by atoms with Crippen LogP contribution >= 0.6 is 15.9 Å². The lowest BCUT2D eigenvalue weighted by atomic mass is 10.0. The molecule has 0 aliphatic heterocycles. The van der Waals surface area contributed by atoms with Gasteiger partial charge in [0.2, 0.25) is 0 Å². The molecule has 0 saturated heterocycles. The van der Waals surface area contributed by atoms with Gasteiger partial charge >= 0.3 is 0 Å². The summed E-state index contributed by atoms with van der Waals surface area (Å²) in [4.78, 5) is 11.8. The number of methoxy groups -OCH3 is 1. The van der Waals surface area contributed by atoms with Crippen LogP contribution in [-0.4, -0.2) is 17.3 Å².